The molecule has 1 aromatic carbocycles. The van der Waals surface area contributed by atoms with E-state index in [2.05, 4.69) is 6.92 Å². The average molecular weight is 258 g/mol. The van der Waals surface area contributed by atoms with Crippen LogP contribution < -0.4 is 0 Å². The molecule has 0 saturated heterocycles. The zero-order valence-electron chi connectivity index (χ0n) is 11.7. The first-order chi connectivity index (χ1) is 9.04. The highest BCUT2D eigenvalue weighted by Crippen LogP contribution is 2.25. The zero-order valence-corrected chi connectivity index (χ0v) is 11.7. The Balaban J connectivity index is 2.58. The number of furan rings is 1. The summed E-state index contributed by atoms with van der Waals surface area (Å²) >= 11 is 0. The van der Waals surface area contributed by atoms with Gasteiger partial charge in [0.25, 0.3) is 0 Å². The molecule has 2 rings (SSSR count). The molecule has 0 bridgehead atoms. The molecule has 0 unspecified atom stereocenters. The second-order valence-electron chi connectivity index (χ2n) is 4.74. The van der Waals surface area contributed by atoms with Crippen molar-refractivity contribution >= 4 is 5.97 Å². The third-order valence-corrected chi connectivity index (χ3v) is 3.49. The van der Waals surface area contributed by atoms with E-state index in [0.29, 0.717) is 12.0 Å². The molecule has 3 nitrogen and oxygen atoms in total. The van der Waals surface area contributed by atoms with Crippen molar-refractivity contribution in [3.05, 3.63) is 58.0 Å². The smallest absolute Gasteiger partial charge is 0.338 e. The zero-order chi connectivity index (χ0) is 14.0. The predicted molar refractivity (Wildman–Crippen MR) is 73.5 cm³/mol. The maximum absolute atomic E-state index is 12.0. The molecule has 1 heterocycles. The van der Waals surface area contributed by atoms with Crippen molar-refractivity contribution in [3.8, 4) is 0 Å². The van der Waals surface area contributed by atoms with E-state index in [1.165, 1.54) is 12.7 Å². The average Bonchev–Trinajstić information content (AvgIpc) is 2.88. The molecule has 0 fully saturated rings. The highest BCUT2D eigenvalue weighted by atomic mass is 16.5. The summed E-state index contributed by atoms with van der Waals surface area (Å²) in [6.07, 6.45) is 2.25. The summed E-state index contributed by atoms with van der Waals surface area (Å²) in [5, 5.41) is 0. The minimum absolute atomic E-state index is 0.290. The monoisotopic (exact) mass is 258 g/mol. The first-order valence-electron chi connectivity index (χ1n) is 6.25. The number of methoxy groups -OCH3 is 1. The lowest BCUT2D eigenvalue weighted by Gasteiger charge is -2.15. The molecule has 100 valence electrons. The van der Waals surface area contributed by atoms with E-state index >= 15 is 0 Å². The number of hydrogen-bond donors (Lipinski definition) is 0. The Morgan fingerprint density at radius 1 is 1.26 bits per heavy atom. The minimum Gasteiger partial charge on any atom is -0.469 e. The predicted octanol–water partition coefficient (Wildman–Crippen LogP) is 3.58. The van der Waals surface area contributed by atoms with Gasteiger partial charge >= 0.3 is 5.97 Å². The topological polar surface area (TPSA) is 39.4 Å². The molecule has 2 aromatic rings. The Bertz CT molecular complexity index is 595. The van der Waals surface area contributed by atoms with Crippen LogP contribution in [0.5, 0.6) is 0 Å². The van der Waals surface area contributed by atoms with Crippen LogP contribution in [0.25, 0.3) is 0 Å². The van der Waals surface area contributed by atoms with E-state index in [1.54, 1.807) is 6.26 Å². The SMILES string of the molecule is COC(=O)c1c(C)cc(C)c(C)c1Cc1ccco1. The van der Waals surface area contributed by atoms with Gasteiger partial charge in [-0.2, -0.15) is 0 Å². The molecule has 0 spiro atoms. The van der Waals surface area contributed by atoms with Crippen LogP contribution >= 0.6 is 0 Å². The van der Waals surface area contributed by atoms with Gasteiger partial charge in [-0.3, -0.25) is 0 Å². The summed E-state index contributed by atoms with van der Waals surface area (Å²) in [7, 11) is 1.41. The van der Waals surface area contributed by atoms with Crippen molar-refractivity contribution < 1.29 is 13.9 Å². The van der Waals surface area contributed by atoms with Gasteiger partial charge in [0.1, 0.15) is 5.76 Å². The van der Waals surface area contributed by atoms with Gasteiger partial charge in [0.2, 0.25) is 0 Å². The molecule has 0 aliphatic carbocycles. The molecule has 1 aromatic heterocycles. The Morgan fingerprint density at radius 2 is 2.00 bits per heavy atom. The van der Waals surface area contributed by atoms with E-state index in [-0.39, 0.29) is 5.97 Å². The minimum atomic E-state index is -0.290. The van der Waals surface area contributed by atoms with E-state index < -0.39 is 0 Å². The van der Waals surface area contributed by atoms with Crippen molar-refractivity contribution in [2.45, 2.75) is 27.2 Å². The van der Waals surface area contributed by atoms with E-state index in [0.717, 1.165) is 22.5 Å². The van der Waals surface area contributed by atoms with Crippen molar-refractivity contribution in [1.29, 1.82) is 0 Å². The molecule has 0 saturated carbocycles. The van der Waals surface area contributed by atoms with E-state index in [9.17, 15) is 4.79 Å². The third kappa shape index (κ3) is 2.55. The number of esters is 1. The number of hydrogen-bond acceptors (Lipinski definition) is 3. The number of rotatable bonds is 3. The lowest BCUT2D eigenvalue weighted by Crippen LogP contribution is -2.11. The fraction of sp³-hybridized carbons (Fsp3) is 0.312. The fourth-order valence-electron chi connectivity index (χ4n) is 2.36. The second-order valence-corrected chi connectivity index (χ2v) is 4.74. The van der Waals surface area contributed by atoms with Crippen LogP contribution in [0.4, 0.5) is 0 Å². The molecule has 0 aliphatic heterocycles. The summed E-state index contributed by atoms with van der Waals surface area (Å²) < 4.78 is 10.3. The molecule has 0 aliphatic rings. The number of carbonyl (C=O) groups is 1. The summed E-state index contributed by atoms with van der Waals surface area (Å²) in [6, 6.07) is 5.79. The number of aryl methyl sites for hydroxylation is 2. The number of ether oxygens (including phenoxy) is 1. The Labute approximate surface area is 113 Å². The standard InChI is InChI=1S/C16H18O3/c1-10-8-11(2)15(16(17)18-4)14(12(10)3)9-13-6-5-7-19-13/h5-8H,9H2,1-4H3. The molecule has 3 heteroatoms. The van der Waals surface area contributed by atoms with Gasteiger partial charge in [-0.25, -0.2) is 4.79 Å². The maximum atomic E-state index is 12.0. The van der Waals surface area contributed by atoms with Crippen molar-refractivity contribution in [2.24, 2.45) is 0 Å². The van der Waals surface area contributed by atoms with Crippen LogP contribution in [-0.2, 0) is 11.2 Å². The van der Waals surface area contributed by atoms with Crippen LogP contribution in [0.1, 0.15) is 38.4 Å². The summed E-state index contributed by atoms with van der Waals surface area (Å²) in [4.78, 5) is 12.0. The van der Waals surface area contributed by atoms with Gasteiger partial charge in [0.15, 0.2) is 0 Å². The number of carbonyl (C=O) groups excluding carboxylic acids is 1. The van der Waals surface area contributed by atoms with Crippen molar-refractivity contribution in [2.75, 3.05) is 7.11 Å². The fourth-order valence-corrected chi connectivity index (χ4v) is 2.36. The molecular weight excluding hydrogens is 240 g/mol. The Kier molecular flexibility index (Phi) is 3.74. The highest BCUT2D eigenvalue weighted by molar-refractivity contribution is 5.93. The quantitative estimate of drug-likeness (QED) is 0.790. The maximum Gasteiger partial charge on any atom is 0.338 e. The first-order valence-corrected chi connectivity index (χ1v) is 6.25. The Hall–Kier alpha value is -2.03. The van der Waals surface area contributed by atoms with Gasteiger partial charge in [-0.1, -0.05) is 6.07 Å². The normalized spacial score (nSPS) is 10.5. The molecule has 0 atom stereocenters. The van der Waals surface area contributed by atoms with Crippen LogP contribution in [-0.4, -0.2) is 13.1 Å². The molecule has 0 N–H and O–H groups in total. The van der Waals surface area contributed by atoms with Crippen LogP contribution in [0.2, 0.25) is 0 Å². The van der Waals surface area contributed by atoms with Gasteiger partial charge in [0.05, 0.1) is 18.9 Å². The van der Waals surface area contributed by atoms with Crippen LogP contribution in [0.15, 0.2) is 28.9 Å². The number of benzene rings is 1. The van der Waals surface area contributed by atoms with E-state index in [4.69, 9.17) is 9.15 Å². The lowest BCUT2D eigenvalue weighted by molar-refractivity contribution is 0.0598. The molecule has 0 radical (unpaired) electrons. The van der Waals surface area contributed by atoms with Gasteiger partial charge in [0, 0.05) is 6.42 Å². The summed E-state index contributed by atoms with van der Waals surface area (Å²) in [6.45, 7) is 6.01. The summed E-state index contributed by atoms with van der Waals surface area (Å²) in [5.41, 5.74) is 4.87. The second kappa shape index (κ2) is 5.31. The first kappa shape index (κ1) is 13.4. The third-order valence-electron chi connectivity index (χ3n) is 3.49. The van der Waals surface area contributed by atoms with Crippen molar-refractivity contribution in [3.63, 3.8) is 0 Å². The largest absolute Gasteiger partial charge is 0.469 e. The van der Waals surface area contributed by atoms with Gasteiger partial charge in [-0.05, 0) is 55.2 Å². The molecule has 19 heavy (non-hydrogen) atoms. The van der Waals surface area contributed by atoms with Gasteiger partial charge in [-0.15, -0.1) is 0 Å². The van der Waals surface area contributed by atoms with Crippen LogP contribution in [0.3, 0.4) is 0 Å². The lowest BCUT2D eigenvalue weighted by atomic mass is 9.91. The van der Waals surface area contributed by atoms with Crippen LogP contribution in [0, 0.1) is 20.8 Å². The summed E-state index contributed by atoms with van der Waals surface area (Å²) in [5.74, 6) is 0.556. The highest BCUT2D eigenvalue weighted by Gasteiger charge is 2.19. The van der Waals surface area contributed by atoms with E-state index in [1.807, 2.05) is 32.0 Å². The Morgan fingerprint density at radius 3 is 2.58 bits per heavy atom. The molecule has 0 amide bonds. The van der Waals surface area contributed by atoms with Crippen molar-refractivity contribution in [1.82, 2.24) is 0 Å². The van der Waals surface area contributed by atoms with Gasteiger partial charge < -0.3 is 9.15 Å². The molecular formula is C16H18O3.